The number of hydrogen-bond donors (Lipinski definition) is 0. The lowest BCUT2D eigenvalue weighted by atomic mass is 10.1. The minimum Gasteiger partial charge on any atom is -0.457 e. The molecule has 0 saturated carbocycles. The van der Waals surface area contributed by atoms with E-state index in [4.69, 9.17) is 9.47 Å². The van der Waals surface area contributed by atoms with Gasteiger partial charge in [-0.3, -0.25) is 4.90 Å². The summed E-state index contributed by atoms with van der Waals surface area (Å²) in [7, 11) is 0. The van der Waals surface area contributed by atoms with Gasteiger partial charge in [-0.25, -0.2) is 4.79 Å². The second-order valence-electron chi connectivity index (χ2n) is 7.20. The minimum atomic E-state index is -0.328. The molecule has 1 unspecified atom stereocenters. The van der Waals surface area contributed by atoms with Gasteiger partial charge in [-0.2, -0.15) is 0 Å². The molecule has 0 saturated heterocycles. The maximum atomic E-state index is 12.8. The van der Waals surface area contributed by atoms with Crippen LogP contribution in [0.15, 0.2) is 84.9 Å². The fourth-order valence-electron chi connectivity index (χ4n) is 3.25. The third kappa shape index (κ3) is 5.61. The Bertz CT molecular complexity index is 910. The second-order valence-corrected chi connectivity index (χ2v) is 7.20. The average Bonchev–Trinajstić information content (AvgIpc) is 2.74. The largest absolute Gasteiger partial charge is 0.457 e. The van der Waals surface area contributed by atoms with Crippen molar-refractivity contribution in [3.63, 3.8) is 0 Å². The van der Waals surface area contributed by atoms with Gasteiger partial charge in [-0.1, -0.05) is 60.7 Å². The zero-order chi connectivity index (χ0) is 20.6. The second kappa shape index (κ2) is 9.78. The first-order chi connectivity index (χ1) is 14.0. The number of amides is 1. The van der Waals surface area contributed by atoms with Crippen molar-refractivity contribution in [3.8, 4) is 11.5 Å². The number of nitrogens with zero attached hydrogens (tertiary/aromatic N) is 1. The highest BCUT2D eigenvalue weighted by molar-refractivity contribution is 5.68. The van der Waals surface area contributed by atoms with Crippen molar-refractivity contribution in [3.05, 3.63) is 96.1 Å². The highest BCUT2D eigenvalue weighted by Crippen LogP contribution is 2.25. The smallest absolute Gasteiger partial charge is 0.410 e. The lowest BCUT2D eigenvalue weighted by Crippen LogP contribution is -2.39. The number of hydrogen-bond acceptors (Lipinski definition) is 3. The molecule has 0 aliphatic carbocycles. The Hall–Kier alpha value is -3.27. The van der Waals surface area contributed by atoms with E-state index in [1.807, 2.05) is 106 Å². The van der Waals surface area contributed by atoms with E-state index < -0.39 is 0 Å². The van der Waals surface area contributed by atoms with E-state index in [0.29, 0.717) is 5.75 Å². The highest BCUT2D eigenvalue weighted by atomic mass is 16.6. The summed E-state index contributed by atoms with van der Waals surface area (Å²) < 4.78 is 11.5. The summed E-state index contributed by atoms with van der Waals surface area (Å²) in [4.78, 5) is 14.6. The van der Waals surface area contributed by atoms with Gasteiger partial charge >= 0.3 is 6.09 Å². The molecule has 3 aromatic rings. The van der Waals surface area contributed by atoms with Crippen molar-refractivity contribution < 1.29 is 14.3 Å². The molecule has 1 amide bonds. The van der Waals surface area contributed by atoms with Crippen LogP contribution >= 0.6 is 0 Å². The molecule has 4 nitrogen and oxygen atoms in total. The topological polar surface area (TPSA) is 38.8 Å². The minimum absolute atomic E-state index is 0.0189. The van der Waals surface area contributed by atoms with Crippen LogP contribution in [-0.2, 0) is 11.3 Å². The Kier molecular flexibility index (Phi) is 6.90. The van der Waals surface area contributed by atoms with Crippen LogP contribution in [0.4, 0.5) is 4.79 Å². The van der Waals surface area contributed by atoms with Crippen LogP contribution in [0, 0.1) is 0 Å². The van der Waals surface area contributed by atoms with E-state index in [2.05, 4.69) is 0 Å². The maximum absolute atomic E-state index is 12.8. The van der Waals surface area contributed by atoms with Gasteiger partial charge in [0.1, 0.15) is 18.1 Å². The van der Waals surface area contributed by atoms with Gasteiger partial charge in [-0.05, 0) is 56.2 Å². The summed E-state index contributed by atoms with van der Waals surface area (Å²) in [5.41, 5.74) is 1.96. The molecule has 1 atom stereocenters. The lowest BCUT2D eigenvalue weighted by Gasteiger charge is -2.32. The first-order valence-corrected chi connectivity index (χ1v) is 9.86. The molecule has 0 bridgehead atoms. The highest BCUT2D eigenvalue weighted by Gasteiger charge is 2.25. The summed E-state index contributed by atoms with van der Waals surface area (Å²) in [6.45, 7) is 6.20. The molecule has 3 aromatic carbocycles. The molecule has 29 heavy (non-hydrogen) atoms. The van der Waals surface area contributed by atoms with Gasteiger partial charge in [0, 0.05) is 6.04 Å². The predicted molar refractivity (Wildman–Crippen MR) is 115 cm³/mol. The Morgan fingerprint density at radius 1 is 0.828 bits per heavy atom. The molecule has 3 rings (SSSR count). The summed E-state index contributed by atoms with van der Waals surface area (Å²) in [6, 6.07) is 27.1. The van der Waals surface area contributed by atoms with E-state index in [-0.39, 0.29) is 24.8 Å². The maximum Gasteiger partial charge on any atom is 0.410 e. The van der Waals surface area contributed by atoms with E-state index in [1.165, 1.54) is 0 Å². The molecule has 0 N–H and O–H groups in total. The summed E-state index contributed by atoms with van der Waals surface area (Å²) in [5, 5.41) is 0. The Morgan fingerprint density at radius 3 is 2.10 bits per heavy atom. The standard InChI is InChI=1S/C25H27NO3/c1-19(2)26(20(3)22-12-6-4-7-13-22)25(27)28-18-21-11-10-16-24(17-21)29-23-14-8-5-9-15-23/h4-17,19-20H,18H2,1-3H3. The van der Waals surface area contributed by atoms with Crippen molar-refractivity contribution in [2.75, 3.05) is 0 Å². The summed E-state index contributed by atoms with van der Waals surface area (Å²) >= 11 is 0. The Morgan fingerprint density at radius 2 is 1.45 bits per heavy atom. The van der Waals surface area contributed by atoms with Crippen molar-refractivity contribution in [2.45, 2.75) is 39.5 Å². The lowest BCUT2D eigenvalue weighted by molar-refractivity contribution is 0.0703. The number of rotatable bonds is 7. The van der Waals surface area contributed by atoms with Crippen molar-refractivity contribution in [1.29, 1.82) is 0 Å². The number of carbonyl (C=O) groups excluding carboxylic acids is 1. The van der Waals surface area contributed by atoms with Crippen LogP contribution in [0.25, 0.3) is 0 Å². The molecule has 0 radical (unpaired) electrons. The molecular formula is C25H27NO3. The molecule has 0 heterocycles. The number of benzene rings is 3. The van der Waals surface area contributed by atoms with Crippen LogP contribution in [0.2, 0.25) is 0 Å². The van der Waals surface area contributed by atoms with Crippen molar-refractivity contribution in [2.24, 2.45) is 0 Å². The quantitative estimate of drug-likeness (QED) is 0.458. The van der Waals surface area contributed by atoms with E-state index >= 15 is 0 Å². The third-order valence-electron chi connectivity index (χ3n) is 4.71. The fourth-order valence-corrected chi connectivity index (χ4v) is 3.25. The molecule has 0 aliphatic rings. The van der Waals surface area contributed by atoms with Crippen LogP contribution in [0.1, 0.15) is 37.9 Å². The third-order valence-corrected chi connectivity index (χ3v) is 4.71. The predicted octanol–water partition coefficient (Wildman–Crippen LogP) is 6.59. The van der Waals surface area contributed by atoms with Gasteiger partial charge in [0.15, 0.2) is 0 Å². The molecule has 150 valence electrons. The van der Waals surface area contributed by atoms with Gasteiger partial charge in [0.25, 0.3) is 0 Å². The van der Waals surface area contributed by atoms with E-state index in [9.17, 15) is 4.79 Å². The van der Waals surface area contributed by atoms with Crippen LogP contribution < -0.4 is 4.74 Å². The van der Waals surface area contributed by atoms with Crippen molar-refractivity contribution in [1.82, 2.24) is 4.90 Å². The van der Waals surface area contributed by atoms with Gasteiger partial charge in [0.05, 0.1) is 6.04 Å². The SMILES string of the molecule is CC(C)N(C(=O)OCc1cccc(Oc2ccccc2)c1)C(C)c1ccccc1. The van der Waals surface area contributed by atoms with Crippen LogP contribution in [0.3, 0.4) is 0 Å². The van der Waals surface area contributed by atoms with Crippen LogP contribution in [-0.4, -0.2) is 17.0 Å². The van der Waals surface area contributed by atoms with Crippen molar-refractivity contribution >= 4 is 6.09 Å². The molecule has 0 spiro atoms. The first kappa shape index (κ1) is 20.5. The van der Waals surface area contributed by atoms with E-state index in [1.54, 1.807) is 4.90 Å². The number of para-hydroxylation sites is 1. The zero-order valence-electron chi connectivity index (χ0n) is 17.1. The average molecular weight is 389 g/mol. The Labute approximate surface area is 172 Å². The summed E-state index contributed by atoms with van der Waals surface area (Å²) in [6.07, 6.45) is -0.328. The van der Waals surface area contributed by atoms with Gasteiger partial charge < -0.3 is 9.47 Å². The molecule has 0 aromatic heterocycles. The molecule has 0 fully saturated rings. The molecular weight excluding hydrogens is 362 g/mol. The summed E-state index contributed by atoms with van der Waals surface area (Å²) in [5.74, 6) is 1.48. The number of ether oxygens (including phenoxy) is 2. The number of carbonyl (C=O) groups is 1. The monoisotopic (exact) mass is 389 g/mol. The Balaban J connectivity index is 1.65. The van der Waals surface area contributed by atoms with Gasteiger partial charge in [-0.15, -0.1) is 0 Å². The van der Waals surface area contributed by atoms with Gasteiger partial charge in [0.2, 0.25) is 0 Å². The van der Waals surface area contributed by atoms with Crippen LogP contribution in [0.5, 0.6) is 11.5 Å². The first-order valence-electron chi connectivity index (χ1n) is 9.86. The van der Waals surface area contributed by atoms with E-state index in [0.717, 1.165) is 16.9 Å². The fraction of sp³-hybridized carbons (Fsp3) is 0.240. The zero-order valence-corrected chi connectivity index (χ0v) is 17.1. The molecule has 0 aliphatic heterocycles. The normalized spacial score (nSPS) is 11.7. The molecule has 4 heteroatoms.